The van der Waals surface area contributed by atoms with Gasteiger partial charge in [0.25, 0.3) is 0 Å². The first kappa shape index (κ1) is 15.4. The van der Waals surface area contributed by atoms with Crippen molar-refractivity contribution in [2.24, 2.45) is 0 Å². The SMILES string of the molecule is Cc1cccc(CCNCc2ccc(OC(F)F)cc2)c1. The maximum Gasteiger partial charge on any atom is 0.387 e. The topological polar surface area (TPSA) is 21.3 Å². The lowest BCUT2D eigenvalue weighted by molar-refractivity contribution is -0.0498. The van der Waals surface area contributed by atoms with Gasteiger partial charge in [-0.1, -0.05) is 42.0 Å². The highest BCUT2D eigenvalue weighted by Crippen LogP contribution is 2.14. The van der Waals surface area contributed by atoms with Crippen molar-refractivity contribution >= 4 is 0 Å². The largest absolute Gasteiger partial charge is 0.435 e. The third-order valence-corrected chi connectivity index (χ3v) is 3.15. The smallest absolute Gasteiger partial charge is 0.387 e. The number of hydrogen-bond acceptors (Lipinski definition) is 2. The van der Waals surface area contributed by atoms with Crippen LogP contribution in [0, 0.1) is 6.92 Å². The molecule has 1 N–H and O–H groups in total. The molecular weight excluding hydrogens is 272 g/mol. The molecule has 0 saturated carbocycles. The second kappa shape index (κ2) is 7.74. The summed E-state index contributed by atoms with van der Waals surface area (Å²) in [7, 11) is 0. The predicted octanol–water partition coefficient (Wildman–Crippen LogP) is 3.93. The Kier molecular flexibility index (Phi) is 5.69. The molecule has 0 aliphatic heterocycles. The molecule has 0 aromatic heterocycles. The number of halogens is 2. The van der Waals surface area contributed by atoms with Gasteiger partial charge in [0.15, 0.2) is 0 Å². The first-order chi connectivity index (χ1) is 10.1. The zero-order valence-corrected chi connectivity index (χ0v) is 12.0. The Morgan fingerprint density at radius 2 is 1.81 bits per heavy atom. The Labute approximate surface area is 123 Å². The lowest BCUT2D eigenvalue weighted by Gasteiger charge is -2.07. The van der Waals surface area contributed by atoms with Gasteiger partial charge in [-0.25, -0.2) is 0 Å². The maximum absolute atomic E-state index is 12.0. The van der Waals surface area contributed by atoms with Crippen LogP contribution in [0.4, 0.5) is 8.78 Å². The summed E-state index contributed by atoms with van der Waals surface area (Å²) in [6, 6.07) is 15.1. The maximum atomic E-state index is 12.0. The highest BCUT2D eigenvalue weighted by atomic mass is 19.3. The Hall–Kier alpha value is -1.94. The minimum atomic E-state index is -2.77. The number of ether oxygens (including phenoxy) is 1. The van der Waals surface area contributed by atoms with Crippen LogP contribution in [0.2, 0.25) is 0 Å². The molecule has 0 saturated heterocycles. The van der Waals surface area contributed by atoms with Gasteiger partial charge in [-0.2, -0.15) is 8.78 Å². The van der Waals surface area contributed by atoms with Crippen LogP contribution >= 0.6 is 0 Å². The molecule has 2 aromatic carbocycles. The molecule has 21 heavy (non-hydrogen) atoms. The van der Waals surface area contributed by atoms with Crippen LogP contribution in [-0.2, 0) is 13.0 Å². The quantitative estimate of drug-likeness (QED) is 0.780. The van der Waals surface area contributed by atoms with Crippen molar-refractivity contribution in [2.75, 3.05) is 6.54 Å². The van der Waals surface area contributed by atoms with Crippen LogP contribution in [0.1, 0.15) is 16.7 Å². The summed E-state index contributed by atoms with van der Waals surface area (Å²) in [5.41, 5.74) is 3.62. The second-order valence-corrected chi connectivity index (χ2v) is 4.94. The van der Waals surface area contributed by atoms with Crippen molar-refractivity contribution < 1.29 is 13.5 Å². The fourth-order valence-electron chi connectivity index (χ4n) is 2.12. The van der Waals surface area contributed by atoms with Crippen molar-refractivity contribution in [1.82, 2.24) is 5.32 Å². The molecule has 0 aliphatic carbocycles. The molecule has 0 spiro atoms. The lowest BCUT2D eigenvalue weighted by atomic mass is 10.1. The molecule has 112 valence electrons. The molecule has 0 atom stereocenters. The zero-order chi connectivity index (χ0) is 15.1. The normalized spacial score (nSPS) is 10.9. The van der Waals surface area contributed by atoms with E-state index in [2.05, 4.69) is 41.2 Å². The summed E-state index contributed by atoms with van der Waals surface area (Å²) in [5.74, 6) is 0.188. The van der Waals surface area contributed by atoms with Crippen LogP contribution in [-0.4, -0.2) is 13.2 Å². The minimum Gasteiger partial charge on any atom is -0.435 e. The zero-order valence-electron chi connectivity index (χ0n) is 12.0. The van der Waals surface area contributed by atoms with Gasteiger partial charge in [-0.05, 0) is 43.1 Å². The van der Waals surface area contributed by atoms with E-state index in [0.717, 1.165) is 18.5 Å². The highest BCUT2D eigenvalue weighted by Gasteiger charge is 2.03. The van der Waals surface area contributed by atoms with Gasteiger partial charge in [-0.15, -0.1) is 0 Å². The summed E-state index contributed by atoms with van der Waals surface area (Å²) >= 11 is 0. The molecule has 4 heteroatoms. The van der Waals surface area contributed by atoms with E-state index < -0.39 is 6.61 Å². The lowest BCUT2D eigenvalue weighted by Crippen LogP contribution is -2.16. The highest BCUT2D eigenvalue weighted by molar-refractivity contribution is 5.27. The number of aryl methyl sites for hydroxylation is 1. The molecule has 2 aromatic rings. The van der Waals surface area contributed by atoms with Gasteiger partial charge < -0.3 is 10.1 Å². The van der Waals surface area contributed by atoms with E-state index >= 15 is 0 Å². The van der Waals surface area contributed by atoms with E-state index in [1.807, 2.05) is 0 Å². The number of benzene rings is 2. The summed E-state index contributed by atoms with van der Waals surface area (Å²) in [5, 5.41) is 3.34. The van der Waals surface area contributed by atoms with Gasteiger partial charge in [0.05, 0.1) is 0 Å². The molecule has 0 radical (unpaired) electrons. The third kappa shape index (κ3) is 5.52. The van der Waals surface area contributed by atoms with E-state index in [9.17, 15) is 8.78 Å². The molecule has 0 fully saturated rings. The molecular formula is C17H19F2NO. The van der Waals surface area contributed by atoms with Gasteiger partial charge in [-0.3, -0.25) is 0 Å². The standard InChI is InChI=1S/C17H19F2NO/c1-13-3-2-4-14(11-13)9-10-20-12-15-5-7-16(8-6-15)21-17(18)19/h2-8,11,17,20H,9-10,12H2,1H3. The fraction of sp³-hybridized carbons (Fsp3) is 0.294. The Balaban J connectivity index is 1.73. The van der Waals surface area contributed by atoms with Crippen LogP contribution in [0.15, 0.2) is 48.5 Å². The average Bonchev–Trinajstić information content (AvgIpc) is 2.45. The van der Waals surface area contributed by atoms with Crippen molar-refractivity contribution in [3.63, 3.8) is 0 Å². The summed E-state index contributed by atoms with van der Waals surface area (Å²) in [6.07, 6.45) is 0.967. The molecule has 0 heterocycles. The first-order valence-corrected chi connectivity index (χ1v) is 6.93. The minimum absolute atomic E-state index is 0.188. The van der Waals surface area contributed by atoms with Crippen LogP contribution in [0.25, 0.3) is 0 Å². The summed E-state index contributed by atoms with van der Waals surface area (Å²) < 4.78 is 28.4. The van der Waals surface area contributed by atoms with Crippen molar-refractivity contribution in [1.29, 1.82) is 0 Å². The van der Waals surface area contributed by atoms with E-state index in [1.165, 1.54) is 11.1 Å². The van der Waals surface area contributed by atoms with Crippen LogP contribution in [0.3, 0.4) is 0 Å². The van der Waals surface area contributed by atoms with Crippen molar-refractivity contribution in [3.05, 3.63) is 65.2 Å². The van der Waals surface area contributed by atoms with Gasteiger partial charge >= 0.3 is 6.61 Å². The number of rotatable bonds is 7. The first-order valence-electron chi connectivity index (χ1n) is 6.93. The molecule has 0 aliphatic rings. The molecule has 2 nitrogen and oxygen atoms in total. The predicted molar refractivity (Wildman–Crippen MR) is 79.7 cm³/mol. The Morgan fingerprint density at radius 1 is 1.05 bits per heavy atom. The third-order valence-electron chi connectivity index (χ3n) is 3.15. The Bertz CT molecular complexity index is 555. The average molecular weight is 291 g/mol. The van der Waals surface area contributed by atoms with Gasteiger partial charge in [0.1, 0.15) is 5.75 Å². The molecule has 2 rings (SSSR count). The number of nitrogens with one attached hydrogen (secondary N) is 1. The molecule has 0 amide bonds. The number of hydrogen-bond donors (Lipinski definition) is 1. The molecule has 0 bridgehead atoms. The van der Waals surface area contributed by atoms with E-state index in [-0.39, 0.29) is 5.75 Å². The van der Waals surface area contributed by atoms with Crippen molar-refractivity contribution in [3.8, 4) is 5.75 Å². The van der Waals surface area contributed by atoms with E-state index in [4.69, 9.17) is 0 Å². The monoisotopic (exact) mass is 291 g/mol. The van der Waals surface area contributed by atoms with Crippen LogP contribution in [0.5, 0.6) is 5.75 Å². The van der Waals surface area contributed by atoms with Crippen LogP contribution < -0.4 is 10.1 Å². The molecule has 0 unspecified atom stereocenters. The van der Waals surface area contributed by atoms with Crippen molar-refractivity contribution in [2.45, 2.75) is 26.5 Å². The number of alkyl halides is 2. The van der Waals surface area contributed by atoms with E-state index in [1.54, 1.807) is 24.3 Å². The fourth-order valence-corrected chi connectivity index (χ4v) is 2.12. The summed E-state index contributed by atoms with van der Waals surface area (Å²) in [4.78, 5) is 0. The van der Waals surface area contributed by atoms with E-state index in [0.29, 0.717) is 6.54 Å². The summed E-state index contributed by atoms with van der Waals surface area (Å²) in [6.45, 7) is 0.891. The van der Waals surface area contributed by atoms with Gasteiger partial charge in [0.2, 0.25) is 0 Å². The van der Waals surface area contributed by atoms with Gasteiger partial charge in [0, 0.05) is 6.54 Å². The second-order valence-electron chi connectivity index (χ2n) is 4.94. The Morgan fingerprint density at radius 3 is 2.48 bits per heavy atom.